The van der Waals surface area contributed by atoms with Crippen molar-refractivity contribution in [3.05, 3.63) is 22.8 Å². The van der Waals surface area contributed by atoms with E-state index in [2.05, 4.69) is 36.1 Å². The van der Waals surface area contributed by atoms with E-state index in [0.717, 1.165) is 37.7 Å². The summed E-state index contributed by atoms with van der Waals surface area (Å²) in [6.45, 7) is 8.41. The van der Waals surface area contributed by atoms with Crippen molar-refractivity contribution in [2.45, 2.75) is 46.5 Å². The average molecular weight is 233 g/mol. The summed E-state index contributed by atoms with van der Waals surface area (Å²) in [5.74, 6) is 1.91. The van der Waals surface area contributed by atoms with E-state index in [1.54, 1.807) is 0 Å². The molecule has 1 saturated carbocycles. The van der Waals surface area contributed by atoms with Crippen LogP contribution in [0.1, 0.15) is 42.5 Å². The Morgan fingerprint density at radius 1 is 1.18 bits per heavy atom. The van der Waals surface area contributed by atoms with Gasteiger partial charge in [0.15, 0.2) is 0 Å². The Hall–Kier alpha value is -0.960. The van der Waals surface area contributed by atoms with E-state index in [1.165, 1.54) is 29.8 Å². The van der Waals surface area contributed by atoms with Gasteiger partial charge in [0.25, 0.3) is 0 Å². The molecule has 0 unspecified atom stereocenters. The van der Waals surface area contributed by atoms with E-state index in [0.29, 0.717) is 0 Å². The van der Waals surface area contributed by atoms with Crippen molar-refractivity contribution < 1.29 is 0 Å². The predicted octanol–water partition coefficient (Wildman–Crippen LogP) is 2.20. The number of rotatable bonds is 6. The highest BCUT2D eigenvalue weighted by Gasteiger charge is 2.23. The Kier molecular flexibility index (Phi) is 4.11. The lowest BCUT2D eigenvalue weighted by molar-refractivity contribution is 0.698. The summed E-state index contributed by atoms with van der Waals surface area (Å²) >= 11 is 0. The van der Waals surface area contributed by atoms with Crippen LogP contribution in [0.25, 0.3) is 0 Å². The molecule has 1 heterocycles. The zero-order valence-corrected chi connectivity index (χ0v) is 11.2. The molecule has 0 aromatic carbocycles. The van der Waals surface area contributed by atoms with Gasteiger partial charge in [-0.15, -0.1) is 0 Å². The molecule has 1 aromatic rings. The van der Waals surface area contributed by atoms with Crippen molar-refractivity contribution in [3.63, 3.8) is 0 Å². The molecule has 3 nitrogen and oxygen atoms in total. The predicted molar refractivity (Wildman–Crippen MR) is 70.2 cm³/mol. The minimum Gasteiger partial charge on any atom is -0.317 e. The zero-order chi connectivity index (χ0) is 12.3. The van der Waals surface area contributed by atoms with Crippen LogP contribution in [-0.4, -0.2) is 23.1 Å². The van der Waals surface area contributed by atoms with Crippen molar-refractivity contribution in [2.24, 2.45) is 5.92 Å². The van der Waals surface area contributed by atoms with Gasteiger partial charge >= 0.3 is 0 Å². The Morgan fingerprint density at radius 3 is 2.35 bits per heavy atom. The Labute approximate surface area is 104 Å². The second-order valence-corrected chi connectivity index (χ2v) is 5.04. The topological polar surface area (TPSA) is 37.8 Å². The molecule has 1 aliphatic carbocycles. The first-order chi connectivity index (χ1) is 8.20. The normalized spacial score (nSPS) is 15.2. The van der Waals surface area contributed by atoms with Gasteiger partial charge < -0.3 is 5.32 Å². The van der Waals surface area contributed by atoms with Gasteiger partial charge in [0.05, 0.1) is 0 Å². The number of aryl methyl sites for hydroxylation is 2. The van der Waals surface area contributed by atoms with E-state index in [1.807, 2.05) is 0 Å². The fourth-order valence-corrected chi connectivity index (χ4v) is 2.23. The second kappa shape index (κ2) is 5.58. The van der Waals surface area contributed by atoms with Crippen LogP contribution in [0.5, 0.6) is 0 Å². The maximum absolute atomic E-state index is 4.65. The summed E-state index contributed by atoms with van der Waals surface area (Å²) in [6, 6.07) is 0. The van der Waals surface area contributed by atoms with Crippen LogP contribution in [0, 0.1) is 19.8 Å². The zero-order valence-electron chi connectivity index (χ0n) is 11.2. The number of hydrogen-bond donors (Lipinski definition) is 1. The van der Waals surface area contributed by atoms with E-state index in [-0.39, 0.29) is 0 Å². The van der Waals surface area contributed by atoms with E-state index < -0.39 is 0 Å². The van der Waals surface area contributed by atoms with Crippen LogP contribution in [0.3, 0.4) is 0 Å². The third-order valence-electron chi connectivity index (χ3n) is 3.44. The fraction of sp³-hybridized carbons (Fsp3) is 0.714. The molecule has 0 spiro atoms. The molecular weight excluding hydrogens is 210 g/mol. The van der Waals surface area contributed by atoms with Crippen LogP contribution in [0.4, 0.5) is 0 Å². The van der Waals surface area contributed by atoms with Gasteiger partial charge in [0.1, 0.15) is 5.82 Å². The van der Waals surface area contributed by atoms with Gasteiger partial charge in [-0.25, -0.2) is 9.97 Å². The molecule has 0 bridgehead atoms. The molecule has 3 heteroatoms. The van der Waals surface area contributed by atoms with Crippen LogP contribution in [0.2, 0.25) is 0 Å². The number of nitrogens with zero attached hydrogens (tertiary/aromatic N) is 2. The van der Waals surface area contributed by atoms with Gasteiger partial charge in [-0.3, -0.25) is 0 Å². The third-order valence-corrected chi connectivity index (χ3v) is 3.44. The smallest absolute Gasteiger partial charge is 0.129 e. The highest BCUT2D eigenvalue weighted by Crippen LogP contribution is 2.31. The van der Waals surface area contributed by atoms with Crippen LogP contribution in [0.15, 0.2) is 0 Å². The molecule has 17 heavy (non-hydrogen) atoms. The van der Waals surface area contributed by atoms with Crippen LogP contribution < -0.4 is 5.32 Å². The summed E-state index contributed by atoms with van der Waals surface area (Å²) in [4.78, 5) is 9.31. The number of aromatic nitrogens is 2. The molecule has 2 rings (SSSR count). The van der Waals surface area contributed by atoms with Gasteiger partial charge in [-0.2, -0.15) is 0 Å². The van der Waals surface area contributed by atoms with Gasteiger partial charge in [-0.1, -0.05) is 6.92 Å². The molecule has 94 valence electrons. The molecule has 0 aliphatic heterocycles. The minimum absolute atomic E-state index is 0.862. The van der Waals surface area contributed by atoms with E-state index in [4.69, 9.17) is 0 Å². The van der Waals surface area contributed by atoms with Gasteiger partial charge in [0.2, 0.25) is 0 Å². The largest absolute Gasteiger partial charge is 0.317 e. The maximum atomic E-state index is 4.65. The fourth-order valence-electron chi connectivity index (χ4n) is 2.23. The van der Waals surface area contributed by atoms with Crippen molar-refractivity contribution in [1.29, 1.82) is 0 Å². The summed E-state index contributed by atoms with van der Waals surface area (Å²) in [6.07, 6.45) is 4.84. The highest BCUT2D eigenvalue weighted by atomic mass is 14.9. The first kappa shape index (κ1) is 12.5. The summed E-state index contributed by atoms with van der Waals surface area (Å²) in [5, 5.41) is 3.35. The molecule has 1 fully saturated rings. The van der Waals surface area contributed by atoms with Crippen LogP contribution in [-0.2, 0) is 12.8 Å². The van der Waals surface area contributed by atoms with E-state index in [9.17, 15) is 0 Å². The molecule has 1 aliphatic rings. The monoisotopic (exact) mass is 233 g/mol. The van der Waals surface area contributed by atoms with Crippen molar-refractivity contribution in [3.8, 4) is 0 Å². The molecule has 1 aromatic heterocycles. The summed E-state index contributed by atoms with van der Waals surface area (Å²) < 4.78 is 0. The number of nitrogens with one attached hydrogen (secondary N) is 1. The average Bonchev–Trinajstić information content (AvgIpc) is 3.06. The quantitative estimate of drug-likeness (QED) is 0.765. The molecule has 0 amide bonds. The van der Waals surface area contributed by atoms with Crippen molar-refractivity contribution in [2.75, 3.05) is 13.1 Å². The Balaban J connectivity index is 2.04. The van der Waals surface area contributed by atoms with Crippen LogP contribution >= 0.6 is 0 Å². The summed E-state index contributed by atoms with van der Waals surface area (Å²) in [7, 11) is 0. The Bertz CT molecular complexity index is 360. The lowest BCUT2D eigenvalue weighted by Crippen LogP contribution is -2.18. The molecule has 0 radical (unpaired) electrons. The SMILES string of the molecule is CCNCCc1c(C)nc(CC2CC2)nc1C. The molecule has 0 saturated heterocycles. The molecule has 1 N–H and O–H groups in total. The second-order valence-electron chi connectivity index (χ2n) is 5.04. The first-order valence-corrected chi connectivity index (χ1v) is 6.74. The third kappa shape index (κ3) is 3.50. The maximum Gasteiger partial charge on any atom is 0.129 e. The van der Waals surface area contributed by atoms with Crippen molar-refractivity contribution >= 4 is 0 Å². The standard InChI is InChI=1S/C14H23N3/c1-4-15-8-7-13-10(2)16-14(17-11(13)3)9-12-5-6-12/h12,15H,4-9H2,1-3H3. The first-order valence-electron chi connectivity index (χ1n) is 6.74. The number of hydrogen-bond acceptors (Lipinski definition) is 3. The minimum atomic E-state index is 0.862. The molecule has 0 atom stereocenters. The molecular formula is C14H23N3. The van der Waals surface area contributed by atoms with Gasteiger partial charge in [-0.05, 0) is 57.7 Å². The van der Waals surface area contributed by atoms with Gasteiger partial charge in [0, 0.05) is 17.8 Å². The Morgan fingerprint density at radius 2 is 1.82 bits per heavy atom. The lowest BCUT2D eigenvalue weighted by atomic mass is 10.1. The van der Waals surface area contributed by atoms with Crippen molar-refractivity contribution in [1.82, 2.24) is 15.3 Å². The summed E-state index contributed by atoms with van der Waals surface area (Å²) in [5.41, 5.74) is 3.67. The lowest BCUT2D eigenvalue weighted by Gasteiger charge is -2.11. The van der Waals surface area contributed by atoms with E-state index >= 15 is 0 Å². The highest BCUT2D eigenvalue weighted by molar-refractivity contribution is 5.25. The number of likely N-dealkylation sites (N-methyl/N-ethyl adjacent to an activating group) is 1.